The van der Waals surface area contributed by atoms with Gasteiger partial charge in [-0.25, -0.2) is 9.37 Å². The van der Waals surface area contributed by atoms with Crippen molar-refractivity contribution in [3.8, 4) is 16.9 Å². The Morgan fingerprint density at radius 1 is 1.21 bits per heavy atom. The van der Waals surface area contributed by atoms with Crippen LogP contribution in [0.3, 0.4) is 0 Å². The fourth-order valence-corrected chi connectivity index (χ4v) is 5.01. The summed E-state index contributed by atoms with van der Waals surface area (Å²) in [6, 6.07) is 5.18. The van der Waals surface area contributed by atoms with Crippen molar-refractivity contribution in [3.05, 3.63) is 58.9 Å². The average Bonchev–Trinajstić information content (AvgIpc) is 3.48. The van der Waals surface area contributed by atoms with Gasteiger partial charge in [0.1, 0.15) is 11.6 Å². The number of halogens is 2. The summed E-state index contributed by atoms with van der Waals surface area (Å²) >= 11 is 6.32. The molecule has 172 valence electrons. The number of ether oxygens (including phenoxy) is 1. The molecule has 0 spiro atoms. The Kier molecular flexibility index (Phi) is 5.80. The van der Waals surface area contributed by atoms with Crippen LogP contribution >= 0.6 is 11.6 Å². The second-order valence-corrected chi connectivity index (χ2v) is 8.98. The highest BCUT2D eigenvalue weighted by molar-refractivity contribution is 6.31. The first-order valence-corrected chi connectivity index (χ1v) is 11.4. The Balaban J connectivity index is 1.50. The SMILES string of the molecule is COc1ccc(F)c(Cl)c1[C@@H](C)c1n[nH]c2ncc(-c3cnn([C@H]4CC[C@H](O)CC4)c3)cc12. The number of rotatable bonds is 5. The van der Waals surface area contributed by atoms with E-state index in [0.29, 0.717) is 28.7 Å². The van der Waals surface area contributed by atoms with E-state index < -0.39 is 5.82 Å². The van der Waals surface area contributed by atoms with Crippen molar-refractivity contribution in [2.45, 2.75) is 50.7 Å². The van der Waals surface area contributed by atoms with Crippen LogP contribution in [0.15, 0.2) is 36.8 Å². The van der Waals surface area contributed by atoms with Gasteiger partial charge in [-0.15, -0.1) is 0 Å². The number of hydrogen-bond donors (Lipinski definition) is 2. The number of methoxy groups -OCH3 is 1. The van der Waals surface area contributed by atoms with Gasteiger partial charge in [-0.1, -0.05) is 18.5 Å². The predicted octanol–water partition coefficient (Wildman–Crippen LogP) is 5.25. The second-order valence-electron chi connectivity index (χ2n) is 8.60. The van der Waals surface area contributed by atoms with Crippen LogP contribution in [0.2, 0.25) is 5.02 Å². The Morgan fingerprint density at radius 3 is 2.76 bits per heavy atom. The highest BCUT2D eigenvalue weighted by Crippen LogP contribution is 2.40. The summed E-state index contributed by atoms with van der Waals surface area (Å²) in [4.78, 5) is 4.54. The molecule has 0 radical (unpaired) electrons. The predicted molar refractivity (Wildman–Crippen MR) is 124 cm³/mol. The maximum absolute atomic E-state index is 14.2. The first-order chi connectivity index (χ1) is 16.0. The number of aliphatic hydroxyl groups is 1. The Hall–Kier alpha value is -2.97. The van der Waals surface area contributed by atoms with Gasteiger partial charge in [-0.2, -0.15) is 10.2 Å². The third kappa shape index (κ3) is 3.98. The summed E-state index contributed by atoms with van der Waals surface area (Å²) in [7, 11) is 1.53. The molecule has 2 N–H and O–H groups in total. The number of fused-ring (bicyclic) bond motifs is 1. The number of pyridine rings is 1. The number of aromatic nitrogens is 5. The molecular weight excluding hydrogens is 445 g/mol. The molecule has 33 heavy (non-hydrogen) atoms. The molecule has 1 aliphatic rings. The van der Waals surface area contributed by atoms with Crippen LogP contribution < -0.4 is 4.74 Å². The van der Waals surface area contributed by atoms with Crippen molar-refractivity contribution in [1.82, 2.24) is 25.0 Å². The molecule has 1 aliphatic carbocycles. The van der Waals surface area contributed by atoms with Gasteiger partial charge >= 0.3 is 0 Å². The second kappa shape index (κ2) is 8.76. The normalized spacial score (nSPS) is 19.7. The lowest BCUT2D eigenvalue weighted by molar-refractivity contribution is 0.108. The van der Waals surface area contributed by atoms with Gasteiger partial charge < -0.3 is 9.84 Å². The monoisotopic (exact) mass is 469 g/mol. The van der Waals surface area contributed by atoms with Crippen LogP contribution in [0.5, 0.6) is 5.75 Å². The van der Waals surface area contributed by atoms with E-state index in [9.17, 15) is 9.50 Å². The lowest BCUT2D eigenvalue weighted by atomic mass is 9.93. The molecule has 1 atom stereocenters. The van der Waals surface area contributed by atoms with Gasteiger partial charge in [0.25, 0.3) is 0 Å². The number of H-pyrrole nitrogens is 1. The fraction of sp³-hybridized carbons (Fsp3) is 0.375. The average molecular weight is 470 g/mol. The van der Waals surface area contributed by atoms with Gasteiger partial charge in [-0.3, -0.25) is 9.78 Å². The van der Waals surface area contributed by atoms with Crippen molar-refractivity contribution < 1.29 is 14.2 Å². The number of nitrogens with zero attached hydrogens (tertiary/aromatic N) is 4. The first-order valence-electron chi connectivity index (χ1n) is 11.0. The minimum atomic E-state index is -0.499. The minimum absolute atomic E-state index is 0.0287. The molecule has 9 heteroatoms. The highest BCUT2D eigenvalue weighted by Gasteiger charge is 2.25. The standard InChI is InChI=1S/C24H25ClFN5O2/c1-13(21-20(33-2)8-7-19(26)22(21)25)23-18-9-14(10-27-24(18)30-29-23)15-11-28-31(12-15)16-3-5-17(32)6-4-16/h7-13,16-17,32H,3-6H2,1-2H3,(H,27,29,30)/t13-,16-,17-/m1/s1. The number of nitrogens with one attached hydrogen (secondary N) is 1. The van der Waals surface area contributed by atoms with E-state index in [1.165, 1.54) is 13.2 Å². The Morgan fingerprint density at radius 2 is 2.00 bits per heavy atom. The number of benzene rings is 1. The minimum Gasteiger partial charge on any atom is -0.496 e. The maximum atomic E-state index is 14.2. The molecule has 4 aromatic rings. The summed E-state index contributed by atoms with van der Waals surface area (Å²) in [5.74, 6) is -0.320. The van der Waals surface area contributed by atoms with Crippen LogP contribution in [0.25, 0.3) is 22.2 Å². The zero-order chi connectivity index (χ0) is 23.1. The van der Waals surface area contributed by atoms with E-state index in [2.05, 4.69) is 20.3 Å². The summed E-state index contributed by atoms with van der Waals surface area (Å²) in [5, 5.41) is 22.6. The molecule has 1 fully saturated rings. The first kappa shape index (κ1) is 21.9. The van der Waals surface area contributed by atoms with Gasteiger partial charge in [0.05, 0.1) is 36.2 Å². The zero-order valence-corrected chi connectivity index (χ0v) is 19.2. The van der Waals surface area contributed by atoms with Gasteiger partial charge in [-0.05, 0) is 43.9 Å². The van der Waals surface area contributed by atoms with Crippen molar-refractivity contribution in [3.63, 3.8) is 0 Å². The largest absolute Gasteiger partial charge is 0.496 e. The number of aliphatic hydroxyl groups excluding tert-OH is 1. The lowest BCUT2D eigenvalue weighted by Crippen LogP contribution is -2.21. The Labute approximate surface area is 195 Å². The van der Waals surface area contributed by atoms with Gasteiger partial charge in [0.2, 0.25) is 0 Å². The van der Waals surface area contributed by atoms with Crippen molar-refractivity contribution in [2.75, 3.05) is 7.11 Å². The van der Waals surface area contributed by atoms with Crippen LogP contribution in [-0.4, -0.2) is 43.3 Å². The summed E-state index contributed by atoms with van der Waals surface area (Å²) in [5.41, 5.74) is 3.76. The maximum Gasteiger partial charge on any atom is 0.155 e. The fourth-order valence-electron chi connectivity index (χ4n) is 4.69. The van der Waals surface area contributed by atoms with Crippen LogP contribution in [0.4, 0.5) is 4.39 Å². The topological polar surface area (TPSA) is 88.9 Å². The number of hydrogen-bond acceptors (Lipinski definition) is 5. The molecule has 0 aliphatic heterocycles. The van der Waals surface area contributed by atoms with E-state index in [0.717, 1.165) is 42.2 Å². The van der Waals surface area contributed by atoms with E-state index in [4.69, 9.17) is 16.3 Å². The van der Waals surface area contributed by atoms with Crippen molar-refractivity contribution >= 4 is 22.6 Å². The third-order valence-corrected chi connectivity index (χ3v) is 6.96. The van der Waals surface area contributed by atoms with Crippen molar-refractivity contribution in [2.24, 2.45) is 0 Å². The molecule has 7 nitrogen and oxygen atoms in total. The van der Waals surface area contributed by atoms with Gasteiger partial charge in [0.15, 0.2) is 5.65 Å². The van der Waals surface area contributed by atoms with Crippen LogP contribution in [0.1, 0.15) is 55.8 Å². The van der Waals surface area contributed by atoms with E-state index in [1.54, 1.807) is 12.3 Å². The van der Waals surface area contributed by atoms with Crippen molar-refractivity contribution in [1.29, 1.82) is 0 Å². The Bertz CT molecular complexity index is 1300. The molecule has 1 saturated carbocycles. The molecule has 0 unspecified atom stereocenters. The zero-order valence-electron chi connectivity index (χ0n) is 18.4. The van der Waals surface area contributed by atoms with Gasteiger partial charge in [0, 0.05) is 40.4 Å². The van der Waals surface area contributed by atoms with E-state index in [-0.39, 0.29) is 17.0 Å². The summed E-state index contributed by atoms with van der Waals surface area (Å²) in [6.45, 7) is 1.92. The third-order valence-electron chi connectivity index (χ3n) is 6.58. The summed E-state index contributed by atoms with van der Waals surface area (Å²) in [6.07, 6.45) is 8.89. The lowest BCUT2D eigenvalue weighted by Gasteiger charge is -2.25. The van der Waals surface area contributed by atoms with Crippen LogP contribution in [0, 0.1) is 5.82 Å². The molecule has 1 aromatic carbocycles. The molecule has 0 saturated heterocycles. The van der Waals surface area contributed by atoms with Crippen LogP contribution in [-0.2, 0) is 0 Å². The van der Waals surface area contributed by atoms with E-state index in [1.807, 2.05) is 30.1 Å². The smallest absolute Gasteiger partial charge is 0.155 e. The summed E-state index contributed by atoms with van der Waals surface area (Å²) < 4.78 is 21.7. The highest BCUT2D eigenvalue weighted by atomic mass is 35.5. The molecule has 0 amide bonds. The molecule has 3 aromatic heterocycles. The molecular formula is C24H25ClFN5O2. The van der Waals surface area contributed by atoms with E-state index >= 15 is 0 Å². The molecule has 0 bridgehead atoms. The quantitative estimate of drug-likeness (QED) is 0.416. The number of aromatic amines is 1. The molecule has 5 rings (SSSR count). The molecule has 3 heterocycles.